The molecule has 1 saturated heterocycles. The fourth-order valence-electron chi connectivity index (χ4n) is 3.56. The van der Waals surface area contributed by atoms with E-state index in [1.165, 1.54) is 42.0 Å². The number of likely N-dealkylation sites (tertiary alicyclic amines) is 1. The van der Waals surface area contributed by atoms with Crippen molar-refractivity contribution in [2.45, 2.75) is 57.8 Å². The number of amides is 1. The van der Waals surface area contributed by atoms with E-state index in [0.29, 0.717) is 17.7 Å². The molecule has 3 rings (SSSR count). The Balaban J connectivity index is 1.58. The van der Waals surface area contributed by atoms with E-state index in [-0.39, 0.29) is 0 Å². The van der Waals surface area contributed by atoms with Gasteiger partial charge >= 0.3 is 0 Å². The fourth-order valence-corrected chi connectivity index (χ4v) is 4.46. The largest absolute Gasteiger partial charge is 0.342 e. The van der Waals surface area contributed by atoms with Crippen LogP contribution in [0.25, 0.3) is 0 Å². The Labute approximate surface area is 125 Å². The Morgan fingerprint density at radius 3 is 2.85 bits per heavy atom. The normalized spacial score (nSPS) is 24.2. The van der Waals surface area contributed by atoms with Crippen LogP contribution >= 0.6 is 11.3 Å². The minimum atomic E-state index is 0.384. The average molecular weight is 292 g/mol. The van der Waals surface area contributed by atoms with Gasteiger partial charge in [0.25, 0.3) is 0 Å². The van der Waals surface area contributed by atoms with Crippen LogP contribution in [-0.4, -0.2) is 28.9 Å². The minimum absolute atomic E-state index is 0.384. The van der Waals surface area contributed by atoms with Crippen molar-refractivity contribution in [1.82, 2.24) is 9.88 Å². The maximum atomic E-state index is 12.4. The Kier molecular flexibility index (Phi) is 4.39. The molecule has 2 aliphatic rings. The number of nitrogens with zero attached hydrogens (tertiary/aromatic N) is 2. The summed E-state index contributed by atoms with van der Waals surface area (Å²) in [5, 5.41) is 1.22. The van der Waals surface area contributed by atoms with Crippen molar-refractivity contribution < 1.29 is 4.79 Å². The molecule has 1 atom stereocenters. The van der Waals surface area contributed by atoms with Crippen molar-refractivity contribution in [3.8, 4) is 0 Å². The molecule has 2 heterocycles. The molecule has 0 aromatic carbocycles. The first kappa shape index (κ1) is 14.1. The van der Waals surface area contributed by atoms with Crippen molar-refractivity contribution in [1.29, 1.82) is 0 Å². The number of hydrogen-bond donors (Lipinski definition) is 0. The molecule has 1 aliphatic carbocycles. The zero-order valence-electron chi connectivity index (χ0n) is 12.3. The lowest BCUT2D eigenvalue weighted by Gasteiger charge is -2.32. The maximum Gasteiger partial charge on any atom is 0.222 e. The number of aromatic nitrogens is 1. The second-order valence-corrected chi connectivity index (χ2v) is 7.61. The van der Waals surface area contributed by atoms with Gasteiger partial charge < -0.3 is 4.90 Å². The quantitative estimate of drug-likeness (QED) is 0.850. The third kappa shape index (κ3) is 3.22. The van der Waals surface area contributed by atoms with Crippen LogP contribution in [0.3, 0.4) is 0 Å². The van der Waals surface area contributed by atoms with Crippen LogP contribution < -0.4 is 0 Å². The monoisotopic (exact) mass is 292 g/mol. The summed E-state index contributed by atoms with van der Waals surface area (Å²) in [6.45, 7) is 3.94. The first-order valence-corrected chi connectivity index (χ1v) is 8.74. The number of aryl methyl sites for hydroxylation is 1. The summed E-state index contributed by atoms with van der Waals surface area (Å²) in [4.78, 5) is 20.3. The molecule has 2 fully saturated rings. The maximum absolute atomic E-state index is 12.4. The van der Waals surface area contributed by atoms with E-state index in [9.17, 15) is 4.79 Å². The van der Waals surface area contributed by atoms with Crippen LogP contribution in [0.2, 0.25) is 0 Å². The van der Waals surface area contributed by atoms with Crippen LogP contribution in [0, 0.1) is 12.8 Å². The molecule has 0 bridgehead atoms. The summed E-state index contributed by atoms with van der Waals surface area (Å²) in [5.41, 5.74) is 0. The third-order valence-electron chi connectivity index (χ3n) is 4.70. The van der Waals surface area contributed by atoms with E-state index >= 15 is 0 Å². The number of hydrogen-bond acceptors (Lipinski definition) is 3. The summed E-state index contributed by atoms with van der Waals surface area (Å²) >= 11 is 1.79. The Morgan fingerprint density at radius 1 is 1.35 bits per heavy atom. The van der Waals surface area contributed by atoms with Crippen LogP contribution in [-0.2, 0) is 4.79 Å². The fraction of sp³-hybridized carbons (Fsp3) is 0.750. The highest BCUT2D eigenvalue weighted by Crippen LogP contribution is 2.32. The highest BCUT2D eigenvalue weighted by atomic mass is 32.1. The number of rotatable bonds is 3. The van der Waals surface area contributed by atoms with Crippen molar-refractivity contribution in [2.24, 2.45) is 5.92 Å². The predicted octanol–water partition coefficient (Wildman–Crippen LogP) is 3.74. The van der Waals surface area contributed by atoms with Gasteiger partial charge in [0.1, 0.15) is 0 Å². The molecular formula is C16H24N2OS. The first-order valence-electron chi connectivity index (χ1n) is 7.92. The molecule has 3 nitrogen and oxygen atoms in total. The van der Waals surface area contributed by atoms with Gasteiger partial charge in [0, 0.05) is 36.5 Å². The van der Waals surface area contributed by atoms with E-state index in [1.807, 2.05) is 6.20 Å². The summed E-state index contributed by atoms with van der Waals surface area (Å²) in [5.74, 6) is 1.51. The van der Waals surface area contributed by atoms with E-state index < -0.39 is 0 Å². The van der Waals surface area contributed by atoms with Crippen molar-refractivity contribution in [3.63, 3.8) is 0 Å². The standard InChI is InChI=1S/C16H24N2OS/c1-12-10-17-16(20-12)14-7-4-8-18(11-14)15(19)9-13-5-2-3-6-13/h10,13-14H,2-9,11H2,1H3. The van der Waals surface area contributed by atoms with Crippen molar-refractivity contribution in [2.75, 3.05) is 13.1 Å². The minimum Gasteiger partial charge on any atom is -0.342 e. The number of piperidine rings is 1. The number of carbonyl (C=O) groups is 1. The zero-order chi connectivity index (χ0) is 13.9. The summed E-state index contributed by atoms with van der Waals surface area (Å²) in [6.07, 6.45) is 10.2. The van der Waals surface area contributed by atoms with E-state index in [0.717, 1.165) is 25.9 Å². The predicted molar refractivity (Wildman–Crippen MR) is 82.0 cm³/mol. The van der Waals surface area contributed by atoms with Gasteiger partial charge in [-0.3, -0.25) is 4.79 Å². The van der Waals surface area contributed by atoms with E-state index in [4.69, 9.17) is 0 Å². The second-order valence-electron chi connectivity index (χ2n) is 6.34. The van der Waals surface area contributed by atoms with Gasteiger partial charge in [-0.25, -0.2) is 4.98 Å². The SMILES string of the molecule is Cc1cnc(C2CCCN(C(=O)CC3CCCC3)C2)s1. The van der Waals surface area contributed by atoms with Gasteiger partial charge in [0.05, 0.1) is 5.01 Å². The lowest BCUT2D eigenvalue weighted by Crippen LogP contribution is -2.39. The van der Waals surface area contributed by atoms with Crippen LogP contribution in [0.5, 0.6) is 0 Å². The average Bonchev–Trinajstić information content (AvgIpc) is 3.10. The van der Waals surface area contributed by atoms with E-state index in [1.54, 1.807) is 11.3 Å². The summed E-state index contributed by atoms with van der Waals surface area (Å²) < 4.78 is 0. The van der Waals surface area contributed by atoms with Crippen LogP contribution in [0.15, 0.2) is 6.20 Å². The molecule has 1 aromatic rings. The summed E-state index contributed by atoms with van der Waals surface area (Å²) in [6, 6.07) is 0. The van der Waals surface area contributed by atoms with Crippen molar-refractivity contribution >= 4 is 17.2 Å². The first-order chi connectivity index (χ1) is 9.72. The topological polar surface area (TPSA) is 33.2 Å². The molecule has 1 aromatic heterocycles. The molecular weight excluding hydrogens is 268 g/mol. The van der Waals surface area contributed by atoms with Gasteiger partial charge in [-0.05, 0) is 38.5 Å². The van der Waals surface area contributed by atoms with Gasteiger partial charge in [-0.15, -0.1) is 11.3 Å². The van der Waals surface area contributed by atoms with E-state index in [2.05, 4.69) is 16.8 Å². The zero-order valence-corrected chi connectivity index (χ0v) is 13.1. The molecule has 1 aliphatic heterocycles. The molecule has 110 valence electrons. The number of thiazole rings is 1. The lowest BCUT2D eigenvalue weighted by atomic mass is 9.97. The molecule has 0 radical (unpaired) electrons. The molecule has 4 heteroatoms. The Morgan fingerprint density at radius 2 is 2.15 bits per heavy atom. The number of carbonyl (C=O) groups excluding carboxylic acids is 1. The summed E-state index contributed by atoms with van der Waals surface area (Å²) in [7, 11) is 0. The smallest absolute Gasteiger partial charge is 0.222 e. The van der Waals surface area contributed by atoms with Gasteiger partial charge in [-0.2, -0.15) is 0 Å². The highest BCUT2D eigenvalue weighted by molar-refractivity contribution is 7.11. The highest BCUT2D eigenvalue weighted by Gasteiger charge is 2.28. The molecule has 1 saturated carbocycles. The molecule has 0 spiro atoms. The van der Waals surface area contributed by atoms with Crippen LogP contribution in [0.4, 0.5) is 0 Å². The van der Waals surface area contributed by atoms with Crippen LogP contribution in [0.1, 0.15) is 60.7 Å². The Bertz CT molecular complexity index is 465. The third-order valence-corrected chi connectivity index (χ3v) is 5.78. The molecule has 0 N–H and O–H groups in total. The van der Waals surface area contributed by atoms with Gasteiger partial charge in [0.2, 0.25) is 5.91 Å². The second kappa shape index (κ2) is 6.25. The van der Waals surface area contributed by atoms with Crippen molar-refractivity contribution in [3.05, 3.63) is 16.1 Å². The molecule has 1 amide bonds. The van der Waals surface area contributed by atoms with Gasteiger partial charge in [-0.1, -0.05) is 12.8 Å². The molecule has 20 heavy (non-hydrogen) atoms. The van der Waals surface area contributed by atoms with Gasteiger partial charge in [0.15, 0.2) is 0 Å². The lowest BCUT2D eigenvalue weighted by molar-refractivity contribution is -0.133. The Hall–Kier alpha value is -0.900. The molecule has 1 unspecified atom stereocenters.